The predicted octanol–water partition coefficient (Wildman–Crippen LogP) is 2.91. The zero-order valence-corrected chi connectivity index (χ0v) is 10.1. The van der Waals surface area contributed by atoms with Gasteiger partial charge in [-0.25, -0.2) is 4.79 Å². The number of carbonyl (C=O) groups excluding carboxylic acids is 1. The molecule has 0 N–H and O–H groups in total. The molecule has 0 aliphatic carbocycles. The summed E-state index contributed by atoms with van der Waals surface area (Å²) < 4.78 is 5.01. The van der Waals surface area contributed by atoms with Gasteiger partial charge in [-0.3, -0.25) is 0 Å². The van der Waals surface area contributed by atoms with E-state index in [0.717, 1.165) is 0 Å². The van der Waals surface area contributed by atoms with Crippen LogP contribution in [-0.4, -0.2) is 5.97 Å². The van der Waals surface area contributed by atoms with Crippen molar-refractivity contribution in [2.75, 3.05) is 0 Å². The highest BCUT2D eigenvalue weighted by atomic mass is 16.5. The molecule has 2 heteroatoms. The minimum Gasteiger partial charge on any atom is -0.417 e. The van der Waals surface area contributed by atoms with Crippen LogP contribution in [0.5, 0.6) is 5.75 Å². The molecule has 0 heterocycles. The van der Waals surface area contributed by atoms with Gasteiger partial charge in [0.1, 0.15) is 5.75 Å². The first-order valence-corrected chi connectivity index (χ1v) is 5.18. The van der Waals surface area contributed by atoms with Crippen LogP contribution in [0.3, 0.4) is 0 Å². The maximum Gasteiger partial charge on any atom is 0.389 e. The van der Waals surface area contributed by atoms with Crippen molar-refractivity contribution in [1.82, 2.24) is 0 Å². The van der Waals surface area contributed by atoms with E-state index in [1.54, 1.807) is 19.1 Å². The Morgan fingerprint density at radius 1 is 1.19 bits per heavy atom. The summed E-state index contributed by atoms with van der Waals surface area (Å²) >= 11 is 0. The van der Waals surface area contributed by atoms with Gasteiger partial charge in [0.15, 0.2) is 0 Å². The van der Waals surface area contributed by atoms with E-state index in [4.69, 9.17) is 4.74 Å². The largest absolute Gasteiger partial charge is 0.417 e. The van der Waals surface area contributed by atoms with Gasteiger partial charge in [-0.05, 0) is 30.0 Å². The standard InChI is InChI=1S/C14H16O2/c1-5-6-13(15)16-12-9-7-11(8-10-12)14(2,3)4/h7-10H,1-4H3. The first-order chi connectivity index (χ1) is 7.43. The first kappa shape index (κ1) is 12.3. The van der Waals surface area contributed by atoms with Gasteiger partial charge in [0.25, 0.3) is 0 Å². The number of ether oxygens (including phenoxy) is 1. The average molecular weight is 216 g/mol. The van der Waals surface area contributed by atoms with Crippen molar-refractivity contribution >= 4 is 5.97 Å². The van der Waals surface area contributed by atoms with Gasteiger partial charge in [-0.2, -0.15) is 0 Å². The Bertz CT molecular complexity index is 425. The lowest BCUT2D eigenvalue weighted by atomic mass is 9.87. The van der Waals surface area contributed by atoms with Crippen molar-refractivity contribution in [1.29, 1.82) is 0 Å². The molecule has 0 saturated heterocycles. The monoisotopic (exact) mass is 216 g/mol. The maximum absolute atomic E-state index is 11.1. The maximum atomic E-state index is 11.1. The number of esters is 1. The highest BCUT2D eigenvalue weighted by Gasteiger charge is 2.13. The van der Waals surface area contributed by atoms with Crippen LogP contribution in [0.15, 0.2) is 24.3 Å². The van der Waals surface area contributed by atoms with Crippen LogP contribution >= 0.6 is 0 Å². The molecular formula is C14H16O2. The number of carbonyl (C=O) groups is 1. The van der Waals surface area contributed by atoms with E-state index in [0.29, 0.717) is 5.75 Å². The predicted molar refractivity (Wildman–Crippen MR) is 64.2 cm³/mol. The molecule has 0 bridgehead atoms. The van der Waals surface area contributed by atoms with Gasteiger partial charge >= 0.3 is 5.97 Å². The Morgan fingerprint density at radius 2 is 1.75 bits per heavy atom. The zero-order valence-electron chi connectivity index (χ0n) is 10.1. The van der Waals surface area contributed by atoms with Crippen LogP contribution in [0.2, 0.25) is 0 Å². The molecule has 1 aromatic carbocycles. The summed E-state index contributed by atoms with van der Waals surface area (Å²) in [4.78, 5) is 11.1. The van der Waals surface area contributed by atoms with E-state index in [1.807, 2.05) is 12.1 Å². The van der Waals surface area contributed by atoms with Crippen molar-refractivity contribution < 1.29 is 9.53 Å². The minimum atomic E-state index is -0.522. The highest BCUT2D eigenvalue weighted by molar-refractivity contribution is 5.90. The molecule has 0 unspecified atom stereocenters. The Morgan fingerprint density at radius 3 is 2.19 bits per heavy atom. The molecule has 0 amide bonds. The molecule has 0 atom stereocenters. The lowest BCUT2D eigenvalue weighted by molar-refractivity contribution is -0.128. The summed E-state index contributed by atoms with van der Waals surface area (Å²) in [5.74, 6) is 4.83. The molecule has 1 aromatic rings. The van der Waals surface area contributed by atoms with Crippen molar-refractivity contribution in [2.24, 2.45) is 0 Å². The van der Waals surface area contributed by atoms with E-state index >= 15 is 0 Å². The quantitative estimate of drug-likeness (QED) is 0.312. The third-order valence-corrected chi connectivity index (χ3v) is 2.16. The van der Waals surface area contributed by atoms with E-state index in [2.05, 4.69) is 32.6 Å². The van der Waals surface area contributed by atoms with Crippen molar-refractivity contribution in [3.05, 3.63) is 29.8 Å². The van der Waals surface area contributed by atoms with E-state index in [9.17, 15) is 4.79 Å². The average Bonchev–Trinajstić information content (AvgIpc) is 2.17. The number of benzene rings is 1. The molecule has 0 radical (unpaired) electrons. The fourth-order valence-electron chi connectivity index (χ4n) is 1.26. The third-order valence-electron chi connectivity index (χ3n) is 2.16. The summed E-state index contributed by atoms with van der Waals surface area (Å²) in [7, 11) is 0. The molecule has 0 aliphatic rings. The SMILES string of the molecule is CC#CC(=O)Oc1ccc(C(C)(C)C)cc1. The van der Waals surface area contributed by atoms with Crippen LogP contribution in [0.4, 0.5) is 0 Å². The first-order valence-electron chi connectivity index (χ1n) is 5.18. The third kappa shape index (κ3) is 3.43. The second kappa shape index (κ2) is 4.85. The lowest BCUT2D eigenvalue weighted by Gasteiger charge is -2.18. The summed E-state index contributed by atoms with van der Waals surface area (Å²) in [5.41, 5.74) is 1.31. The van der Waals surface area contributed by atoms with Crippen molar-refractivity contribution in [3.8, 4) is 17.6 Å². The lowest BCUT2D eigenvalue weighted by Crippen LogP contribution is -2.11. The molecule has 0 spiro atoms. The van der Waals surface area contributed by atoms with Gasteiger partial charge < -0.3 is 4.74 Å². The van der Waals surface area contributed by atoms with Gasteiger partial charge in [0.05, 0.1) is 0 Å². The normalized spacial score (nSPS) is 10.2. The fourth-order valence-corrected chi connectivity index (χ4v) is 1.26. The van der Waals surface area contributed by atoms with Crippen LogP contribution in [-0.2, 0) is 10.2 Å². The topological polar surface area (TPSA) is 26.3 Å². The Kier molecular flexibility index (Phi) is 3.73. The molecule has 0 fully saturated rings. The van der Waals surface area contributed by atoms with E-state index < -0.39 is 5.97 Å². The summed E-state index contributed by atoms with van der Waals surface area (Å²) in [6, 6.07) is 7.50. The highest BCUT2D eigenvalue weighted by Crippen LogP contribution is 2.24. The summed E-state index contributed by atoms with van der Waals surface area (Å²) in [6.45, 7) is 8.01. The van der Waals surface area contributed by atoms with Crippen molar-refractivity contribution in [3.63, 3.8) is 0 Å². The van der Waals surface area contributed by atoms with Gasteiger partial charge in [0, 0.05) is 5.92 Å². The van der Waals surface area contributed by atoms with E-state index in [-0.39, 0.29) is 5.41 Å². The number of hydrogen-bond donors (Lipinski definition) is 0. The molecule has 84 valence electrons. The molecule has 0 aliphatic heterocycles. The molecule has 1 rings (SSSR count). The van der Waals surface area contributed by atoms with E-state index in [1.165, 1.54) is 5.56 Å². The second-order valence-electron chi connectivity index (χ2n) is 4.54. The van der Waals surface area contributed by atoms with Crippen LogP contribution < -0.4 is 4.74 Å². The number of rotatable bonds is 1. The Balaban J connectivity index is 2.79. The summed E-state index contributed by atoms with van der Waals surface area (Å²) in [5, 5.41) is 0. The second-order valence-corrected chi connectivity index (χ2v) is 4.54. The van der Waals surface area contributed by atoms with Crippen LogP contribution in [0.25, 0.3) is 0 Å². The van der Waals surface area contributed by atoms with Crippen molar-refractivity contribution in [2.45, 2.75) is 33.1 Å². The molecule has 0 saturated carbocycles. The molecule has 2 nitrogen and oxygen atoms in total. The zero-order chi connectivity index (χ0) is 12.2. The van der Waals surface area contributed by atoms with Gasteiger partial charge in [-0.15, -0.1) is 0 Å². The van der Waals surface area contributed by atoms with Crippen LogP contribution in [0.1, 0.15) is 33.3 Å². The summed E-state index contributed by atoms with van der Waals surface area (Å²) in [6.07, 6.45) is 0. The fraction of sp³-hybridized carbons (Fsp3) is 0.357. The van der Waals surface area contributed by atoms with Gasteiger partial charge in [0.2, 0.25) is 0 Å². The minimum absolute atomic E-state index is 0.103. The molecular weight excluding hydrogens is 200 g/mol. The number of hydrogen-bond acceptors (Lipinski definition) is 2. The smallest absolute Gasteiger partial charge is 0.389 e. The van der Waals surface area contributed by atoms with Crippen LogP contribution in [0, 0.1) is 11.8 Å². The Hall–Kier alpha value is -1.75. The van der Waals surface area contributed by atoms with Gasteiger partial charge in [-0.1, -0.05) is 38.8 Å². The molecule has 16 heavy (non-hydrogen) atoms. The Labute approximate surface area is 96.6 Å². The molecule has 0 aromatic heterocycles.